The molecular formula is C10H16. The third kappa shape index (κ3) is 2.86. The van der Waals surface area contributed by atoms with Crippen molar-refractivity contribution in [2.75, 3.05) is 0 Å². The zero-order valence-electron chi connectivity index (χ0n) is 6.98. The van der Waals surface area contributed by atoms with Crippen LogP contribution < -0.4 is 0 Å². The van der Waals surface area contributed by atoms with E-state index in [2.05, 4.69) is 26.0 Å². The monoisotopic (exact) mass is 136 g/mol. The van der Waals surface area contributed by atoms with Crippen molar-refractivity contribution < 1.29 is 0 Å². The summed E-state index contributed by atoms with van der Waals surface area (Å²) in [6, 6.07) is 0. The Bertz CT molecular complexity index is 161. The summed E-state index contributed by atoms with van der Waals surface area (Å²) in [5, 5.41) is 0. The third-order valence-electron chi connectivity index (χ3n) is 2.01. The van der Waals surface area contributed by atoms with E-state index in [1.165, 1.54) is 31.3 Å². The normalized spacial score (nSPS) is 17.0. The van der Waals surface area contributed by atoms with Crippen LogP contribution in [0, 0.1) is 0 Å². The van der Waals surface area contributed by atoms with Crippen LogP contribution in [0.25, 0.3) is 0 Å². The highest BCUT2D eigenvalue weighted by Crippen LogP contribution is 2.23. The lowest BCUT2D eigenvalue weighted by atomic mass is 10.1. The van der Waals surface area contributed by atoms with Gasteiger partial charge in [-0.2, -0.15) is 0 Å². The Balaban J connectivity index is 2.07. The lowest BCUT2D eigenvalue weighted by Gasteiger charge is -1.93. The number of allylic oxidation sites excluding steroid dienone is 4. The van der Waals surface area contributed by atoms with Gasteiger partial charge in [0.1, 0.15) is 0 Å². The van der Waals surface area contributed by atoms with Crippen LogP contribution in [0.5, 0.6) is 0 Å². The van der Waals surface area contributed by atoms with E-state index < -0.39 is 0 Å². The molecule has 1 aliphatic rings. The fourth-order valence-corrected chi connectivity index (χ4v) is 0.925. The summed E-state index contributed by atoms with van der Waals surface area (Å²) in [5.41, 5.74) is 3.18. The molecule has 1 rings (SSSR count). The predicted octanol–water partition coefficient (Wildman–Crippen LogP) is 3.45. The van der Waals surface area contributed by atoms with Gasteiger partial charge in [-0.25, -0.2) is 0 Å². The fraction of sp³-hybridized carbons (Fsp3) is 0.600. The van der Waals surface area contributed by atoms with Gasteiger partial charge >= 0.3 is 0 Å². The number of hydrogen-bond donors (Lipinski definition) is 0. The minimum atomic E-state index is 1.21. The first-order chi connectivity index (χ1) is 4.83. The minimum Gasteiger partial charge on any atom is -0.0853 e. The molecule has 0 atom stereocenters. The first-order valence-corrected chi connectivity index (χ1v) is 4.16. The van der Waals surface area contributed by atoms with Crippen LogP contribution in [-0.4, -0.2) is 0 Å². The van der Waals surface area contributed by atoms with Crippen molar-refractivity contribution >= 4 is 0 Å². The zero-order chi connectivity index (χ0) is 7.40. The highest BCUT2D eigenvalue weighted by molar-refractivity contribution is 5.22. The van der Waals surface area contributed by atoms with Crippen LogP contribution in [-0.2, 0) is 0 Å². The third-order valence-corrected chi connectivity index (χ3v) is 2.01. The molecule has 0 aliphatic heterocycles. The van der Waals surface area contributed by atoms with Gasteiger partial charge < -0.3 is 0 Å². The van der Waals surface area contributed by atoms with Gasteiger partial charge in [-0.1, -0.05) is 30.2 Å². The van der Waals surface area contributed by atoms with Crippen LogP contribution in [0.1, 0.15) is 39.5 Å². The molecule has 0 aromatic heterocycles. The Labute approximate surface area is 63.6 Å². The molecule has 56 valence electrons. The molecule has 0 aromatic rings. The van der Waals surface area contributed by atoms with Crippen LogP contribution in [0.2, 0.25) is 0 Å². The van der Waals surface area contributed by atoms with E-state index in [4.69, 9.17) is 0 Å². The second kappa shape index (κ2) is 3.60. The summed E-state index contributed by atoms with van der Waals surface area (Å²) in [7, 11) is 0. The molecular weight excluding hydrogens is 120 g/mol. The second-order valence-electron chi connectivity index (χ2n) is 3.01. The second-order valence-corrected chi connectivity index (χ2v) is 3.01. The SMILES string of the molecule is CCC(C)=CCCC1=CC1. The molecule has 0 N–H and O–H groups in total. The molecule has 0 unspecified atom stereocenters. The molecule has 0 saturated heterocycles. The average Bonchev–Trinajstić information content (AvgIpc) is 2.71. The Kier molecular flexibility index (Phi) is 2.73. The van der Waals surface area contributed by atoms with Crippen molar-refractivity contribution in [2.45, 2.75) is 39.5 Å². The topological polar surface area (TPSA) is 0 Å². The highest BCUT2D eigenvalue weighted by Gasteiger charge is 2.04. The molecule has 0 aromatic carbocycles. The molecule has 0 saturated carbocycles. The van der Waals surface area contributed by atoms with Gasteiger partial charge in [0.15, 0.2) is 0 Å². The summed E-state index contributed by atoms with van der Waals surface area (Å²) in [6.45, 7) is 4.42. The lowest BCUT2D eigenvalue weighted by molar-refractivity contribution is 0.972. The van der Waals surface area contributed by atoms with Gasteiger partial charge in [-0.3, -0.25) is 0 Å². The molecule has 0 amide bonds. The van der Waals surface area contributed by atoms with Gasteiger partial charge in [0.25, 0.3) is 0 Å². The standard InChI is InChI=1S/C10H16/c1-3-9(2)5-4-6-10-7-8-10/h5,7H,3-4,6,8H2,1-2H3. The van der Waals surface area contributed by atoms with Crippen molar-refractivity contribution in [1.82, 2.24) is 0 Å². The van der Waals surface area contributed by atoms with Crippen molar-refractivity contribution in [2.24, 2.45) is 0 Å². The molecule has 10 heavy (non-hydrogen) atoms. The summed E-state index contributed by atoms with van der Waals surface area (Å²) in [6.07, 6.45) is 9.73. The molecule has 0 spiro atoms. The van der Waals surface area contributed by atoms with E-state index in [0.717, 1.165) is 0 Å². The van der Waals surface area contributed by atoms with E-state index in [0.29, 0.717) is 0 Å². The van der Waals surface area contributed by atoms with Crippen molar-refractivity contribution in [3.8, 4) is 0 Å². The summed E-state index contributed by atoms with van der Waals surface area (Å²) < 4.78 is 0. The molecule has 0 heterocycles. The number of hydrogen-bond acceptors (Lipinski definition) is 0. The van der Waals surface area contributed by atoms with E-state index in [9.17, 15) is 0 Å². The Morgan fingerprint density at radius 3 is 2.90 bits per heavy atom. The van der Waals surface area contributed by atoms with Crippen molar-refractivity contribution in [1.29, 1.82) is 0 Å². The summed E-state index contributed by atoms with van der Waals surface area (Å²) in [4.78, 5) is 0. The maximum absolute atomic E-state index is 2.36. The predicted molar refractivity (Wildman–Crippen MR) is 46.0 cm³/mol. The van der Waals surface area contributed by atoms with Crippen molar-refractivity contribution in [3.63, 3.8) is 0 Å². The molecule has 1 aliphatic carbocycles. The summed E-state index contributed by atoms with van der Waals surface area (Å²) in [5.74, 6) is 0. The van der Waals surface area contributed by atoms with E-state index >= 15 is 0 Å². The molecule has 0 fully saturated rings. The largest absolute Gasteiger partial charge is 0.0853 e. The van der Waals surface area contributed by atoms with Gasteiger partial charge in [0.05, 0.1) is 0 Å². The van der Waals surface area contributed by atoms with Gasteiger partial charge in [-0.15, -0.1) is 0 Å². The lowest BCUT2D eigenvalue weighted by Crippen LogP contribution is -1.72. The van der Waals surface area contributed by atoms with E-state index in [-0.39, 0.29) is 0 Å². The van der Waals surface area contributed by atoms with E-state index in [1.807, 2.05) is 0 Å². The molecule has 0 heteroatoms. The fourth-order valence-electron chi connectivity index (χ4n) is 0.925. The van der Waals surface area contributed by atoms with Gasteiger partial charge in [0, 0.05) is 0 Å². The van der Waals surface area contributed by atoms with E-state index in [1.54, 1.807) is 5.57 Å². The van der Waals surface area contributed by atoms with Crippen LogP contribution in [0.3, 0.4) is 0 Å². The Hall–Kier alpha value is -0.520. The minimum absolute atomic E-state index is 1.21. The first kappa shape index (κ1) is 7.59. The van der Waals surface area contributed by atoms with Crippen molar-refractivity contribution in [3.05, 3.63) is 23.3 Å². The zero-order valence-corrected chi connectivity index (χ0v) is 6.98. The molecule has 0 radical (unpaired) electrons. The maximum atomic E-state index is 2.36. The maximum Gasteiger partial charge on any atom is -0.0136 e. The van der Waals surface area contributed by atoms with Gasteiger partial charge in [0.2, 0.25) is 0 Å². The first-order valence-electron chi connectivity index (χ1n) is 4.16. The summed E-state index contributed by atoms with van der Waals surface area (Å²) >= 11 is 0. The quantitative estimate of drug-likeness (QED) is 0.519. The highest BCUT2D eigenvalue weighted by atomic mass is 14.1. The van der Waals surface area contributed by atoms with Crippen LogP contribution >= 0.6 is 0 Å². The smallest absolute Gasteiger partial charge is 0.0136 e. The Morgan fingerprint density at radius 2 is 2.40 bits per heavy atom. The van der Waals surface area contributed by atoms with Gasteiger partial charge in [-0.05, 0) is 32.6 Å². The molecule has 0 bridgehead atoms. The van der Waals surface area contributed by atoms with Crippen LogP contribution in [0.4, 0.5) is 0 Å². The average molecular weight is 136 g/mol. The molecule has 0 nitrogen and oxygen atoms in total. The number of rotatable bonds is 4. The van der Waals surface area contributed by atoms with Crippen LogP contribution in [0.15, 0.2) is 23.3 Å². The Morgan fingerprint density at radius 1 is 1.70 bits per heavy atom.